The fourth-order valence-electron chi connectivity index (χ4n) is 2.77. The van der Waals surface area contributed by atoms with Crippen LogP contribution in [-0.4, -0.2) is 26.4 Å². The van der Waals surface area contributed by atoms with E-state index >= 15 is 0 Å². The summed E-state index contributed by atoms with van der Waals surface area (Å²) >= 11 is 1.30. The van der Waals surface area contributed by atoms with Crippen molar-refractivity contribution in [3.63, 3.8) is 0 Å². The highest BCUT2D eigenvalue weighted by Crippen LogP contribution is 2.71. The van der Waals surface area contributed by atoms with Gasteiger partial charge in [0, 0.05) is 12.2 Å². The molecule has 0 aromatic carbocycles. The molecule has 0 spiro atoms. The van der Waals surface area contributed by atoms with E-state index in [1.165, 1.54) is 11.8 Å². The molecule has 5 heteroatoms. The highest BCUT2D eigenvalue weighted by Gasteiger charge is 2.66. The van der Waals surface area contributed by atoms with Gasteiger partial charge in [-0.05, 0) is 17.8 Å². The molecule has 1 N–H and O–H groups in total. The largest absolute Gasteiger partial charge is 0.481 e. The summed E-state index contributed by atoms with van der Waals surface area (Å²) in [5.41, 5.74) is 1.39. The Morgan fingerprint density at radius 1 is 1.44 bits per heavy atom. The Morgan fingerprint density at radius 3 is 2.44 bits per heavy atom. The van der Waals surface area contributed by atoms with Crippen LogP contribution < -0.4 is 0 Å². The van der Waals surface area contributed by atoms with Crippen molar-refractivity contribution in [1.29, 1.82) is 0 Å². The molecule has 0 atom stereocenters. The third-order valence-corrected chi connectivity index (χ3v) is 5.32. The van der Waals surface area contributed by atoms with Crippen LogP contribution in [0.3, 0.4) is 0 Å². The van der Waals surface area contributed by atoms with Gasteiger partial charge < -0.3 is 9.67 Å². The summed E-state index contributed by atoms with van der Waals surface area (Å²) in [6.07, 6.45) is 2.03. The molecule has 2 rings (SSSR count). The molecule has 0 saturated heterocycles. The van der Waals surface area contributed by atoms with E-state index in [2.05, 4.69) is 37.2 Å². The Balaban J connectivity index is 2.27. The summed E-state index contributed by atoms with van der Waals surface area (Å²) in [4.78, 5) is 15.1. The van der Waals surface area contributed by atoms with Crippen LogP contribution >= 0.6 is 11.8 Å². The minimum atomic E-state index is -0.804. The van der Waals surface area contributed by atoms with Gasteiger partial charge in [-0.15, -0.1) is 0 Å². The van der Waals surface area contributed by atoms with Gasteiger partial charge in [-0.3, -0.25) is 4.79 Å². The summed E-state index contributed by atoms with van der Waals surface area (Å²) < 4.78 is 2.16. The van der Waals surface area contributed by atoms with Gasteiger partial charge in [0.15, 0.2) is 5.16 Å². The first-order chi connectivity index (χ1) is 8.18. The zero-order chi connectivity index (χ0) is 13.7. The lowest BCUT2D eigenvalue weighted by Crippen LogP contribution is -2.04. The van der Waals surface area contributed by atoms with Crippen LogP contribution in [0.15, 0.2) is 11.4 Å². The fourth-order valence-corrected chi connectivity index (χ4v) is 3.54. The molecule has 0 bridgehead atoms. The van der Waals surface area contributed by atoms with E-state index in [4.69, 9.17) is 5.11 Å². The van der Waals surface area contributed by atoms with Crippen LogP contribution in [0.4, 0.5) is 0 Å². The molecule has 0 radical (unpaired) electrons. The van der Waals surface area contributed by atoms with E-state index in [1.807, 2.05) is 13.1 Å². The second kappa shape index (κ2) is 4.02. The van der Waals surface area contributed by atoms with Crippen molar-refractivity contribution < 1.29 is 9.90 Å². The Hall–Kier alpha value is -0.970. The van der Waals surface area contributed by atoms with Crippen LogP contribution in [0.1, 0.15) is 39.4 Å². The van der Waals surface area contributed by atoms with E-state index in [9.17, 15) is 4.79 Å². The number of carboxylic acid groups (broad SMARTS) is 1. The maximum atomic E-state index is 10.7. The molecule has 100 valence electrons. The van der Waals surface area contributed by atoms with Gasteiger partial charge in [-0.1, -0.05) is 39.5 Å². The Bertz CT molecular complexity index is 477. The number of aryl methyl sites for hydroxylation is 1. The van der Waals surface area contributed by atoms with Crippen LogP contribution in [0, 0.1) is 17.8 Å². The zero-order valence-corrected chi connectivity index (χ0v) is 12.3. The first kappa shape index (κ1) is 13.5. The maximum absolute atomic E-state index is 10.7. The zero-order valence-electron chi connectivity index (χ0n) is 11.5. The summed E-state index contributed by atoms with van der Waals surface area (Å²) in [5.74, 6) is -0.745. The van der Waals surface area contributed by atoms with Gasteiger partial charge in [0.05, 0.1) is 11.4 Å². The smallest absolute Gasteiger partial charge is 0.313 e. The van der Waals surface area contributed by atoms with E-state index in [1.54, 1.807) is 0 Å². The van der Waals surface area contributed by atoms with Crippen molar-refractivity contribution >= 4 is 17.7 Å². The van der Waals surface area contributed by atoms with E-state index in [0.29, 0.717) is 6.04 Å². The number of rotatable bonds is 4. The highest BCUT2D eigenvalue weighted by molar-refractivity contribution is 7.99. The molecule has 0 aliphatic heterocycles. The number of carbonyl (C=O) groups is 1. The third-order valence-electron chi connectivity index (χ3n) is 4.37. The average Bonchev–Trinajstić information content (AvgIpc) is 2.53. The van der Waals surface area contributed by atoms with Crippen LogP contribution in [-0.2, 0) is 4.79 Å². The molecule has 1 aromatic heterocycles. The predicted octanol–water partition coefficient (Wildman–Crippen LogP) is 2.98. The number of thioether (sulfide) groups is 1. The van der Waals surface area contributed by atoms with Crippen molar-refractivity contribution in [3.8, 4) is 0 Å². The van der Waals surface area contributed by atoms with E-state index < -0.39 is 5.97 Å². The monoisotopic (exact) mass is 268 g/mol. The lowest BCUT2D eigenvalue weighted by atomic mass is 10.0. The Kier molecular flexibility index (Phi) is 3.00. The van der Waals surface area contributed by atoms with Gasteiger partial charge in [0.25, 0.3) is 0 Å². The number of carboxylic acids is 1. The highest BCUT2D eigenvalue weighted by atomic mass is 32.2. The van der Waals surface area contributed by atoms with Crippen molar-refractivity contribution in [1.82, 2.24) is 9.55 Å². The maximum Gasteiger partial charge on any atom is 0.313 e. The van der Waals surface area contributed by atoms with Crippen LogP contribution in [0.25, 0.3) is 0 Å². The molecule has 1 aliphatic rings. The van der Waals surface area contributed by atoms with Gasteiger partial charge in [0.2, 0.25) is 0 Å². The molecule has 4 nitrogen and oxygen atoms in total. The summed E-state index contributed by atoms with van der Waals surface area (Å²) in [6, 6.07) is 0.391. The molecular weight excluding hydrogens is 248 g/mol. The molecule has 1 aromatic rings. The average molecular weight is 268 g/mol. The summed E-state index contributed by atoms with van der Waals surface area (Å²) in [7, 11) is 0. The standard InChI is InChI=1S/C13H20N2O2S/c1-8-6-15(10-12(2,3)13(10,4)5)11(14-8)18-7-9(16)17/h6,10H,7H2,1-5H3,(H,16,17). The molecular formula is C13H20N2O2S. The molecule has 0 unspecified atom stereocenters. The van der Waals surface area contributed by atoms with Crippen LogP contribution in [0.2, 0.25) is 0 Å². The minimum Gasteiger partial charge on any atom is -0.481 e. The lowest BCUT2D eigenvalue weighted by molar-refractivity contribution is -0.133. The normalized spacial score (nSPS) is 20.9. The van der Waals surface area contributed by atoms with Gasteiger partial charge >= 0.3 is 5.97 Å². The number of aliphatic carboxylic acids is 1. The SMILES string of the molecule is Cc1cn(C2C(C)(C)C2(C)C)c(SCC(=O)O)n1. The number of nitrogens with zero attached hydrogens (tertiary/aromatic N) is 2. The molecule has 0 amide bonds. The fraction of sp³-hybridized carbons (Fsp3) is 0.692. The van der Waals surface area contributed by atoms with Gasteiger partial charge in [-0.25, -0.2) is 4.98 Å². The number of hydrogen-bond donors (Lipinski definition) is 1. The number of hydrogen-bond acceptors (Lipinski definition) is 3. The number of aromatic nitrogens is 2. The quantitative estimate of drug-likeness (QED) is 0.853. The Morgan fingerprint density at radius 2 is 2.00 bits per heavy atom. The topological polar surface area (TPSA) is 55.1 Å². The summed E-state index contributed by atoms with van der Waals surface area (Å²) in [5, 5.41) is 9.59. The van der Waals surface area contributed by atoms with Gasteiger partial charge in [-0.2, -0.15) is 0 Å². The predicted molar refractivity (Wildman–Crippen MR) is 71.9 cm³/mol. The summed E-state index contributed by atoms with van der Waals surface area (Å²) in [6.45, 7) is 10.9. The molecule has 1 aliphatic carbocycles. The van der Waals surface area contributed by atoms with Gasteiger partial charge in [0.1, 0.15) is 0 Å². The number of imidazole rings is 1. The molecule has 18 heavy (non-hydrogen) atoms. The molecule has 1 fully saturated rings. The van der Waals surface area contributed by atoms with E-state index in [0.717, 1.165) is 10.9 Å². The van der Waals surface area contributed by atoms with Crippen molar-refractivity contribution in [2.75, 3.05) is 5.75 Å². The first-order valence-electron chi connectivity index (χ1n) is 6.08. The first-order valence-corrected chi connectivity index (χ1v) is 7.06. The second-order valence-electron chi connectivity index (χ2n) is 6.10. The third kappa shape index (κ3) is 1.94. The Labute approximate surface area is 112 Å². The minimum absolute atomic E-state index is 0.0596. The van der Waals surface area contributed by atoms with E-state index in [-0.39, 0.29) is 16.6 Å². The van der Waals surface area contributed by atoms with Crippen molar-refractivity contribution in [2.45, 2.75) is 45.8 Å². The second-order valence-corrected chi connectivity index (χ2v) is 7.04. The molecule has 1 heterocycles. The lowest BCUT2D eigenvalue weighted by Gasteiger charge is -2.08. The van der Waals surface area contributed by atoms with Crippen molar-refractivity contribution in [2.24, 2.45) is 10.8 Å². The van der Waals surface area contributed by atoms with Crippen LogP contribution in [0.5, 0.6) is 0 Å². The van der Waals surface area contributed by atoms with Crippen molar-refractivity contribution in [3.05, 3.63) is 11.9 Å². The molecule has 1 saturated carbocycles.